The number of hydrogen-bond donors (Lipinski definition) is 1. The van der Waals surface area contributed by atoms with Gasteiger partial charge in [-0.3, -0.25) is 0 Å². The molecule has 1 aromatic heterocycles. The van der Waals surface area contributed by atoms with Gasteiger partial charge in [-0.25, -0.2) is 4.98 Å². The topological polar surface area (TPSA) is 56.5 Å². The van der Waals surface area contributed by atoms with Crippen molar-refractivity contribution >= 4 is 0 Å². The summed E-state index contributed by atoms with van der Waals surface area (Å²) in [6, 6.07) is 7.82. The van der Waals surface area contributed by atoms with Gasteiger partial charge < -0.3 is 19.1 Å². The number of ether oxygens (including phenoxy) is 2. The van der Waals surface area contributed by atoms with Crippen LogP contribution in [0.3, 0.4) is 0 Å². The van der Waals surface area contributed by atoms with Crippen LogP contribution < -0.4 is 4.74 Å². The Morgan fingerprint density at radius 2 is 2.14 bits per heavy atom. The highest BCUT2D eigenvalue weighted by atomic mass is 16.5. The summed E-state index contributed by atoms with van der Waals surface area (Å²) in [6.45, 7) is 1.42. The molecule has 2 aromatic rings. The van der Waals surface area contributed by atoms with E-state index in [-0.39, 0.29) is 12.7 Å². The van der Waals surface area contributed by atoms with E-state index in [4.69, 9.17) is 9.47 Å². The van der Waals surface area contributed by atoms with Gasteiger partial charge in [-0.15, -0.1) is 0 Å². The average Bonchev–Trinajstić information content (AvgIpc) is 2.95. The minimum absolute atomic E-state index is 0.0247. The monoisotopic (exact) mass is 302 g/mol. The molecule has 1 N–H and O–H groups in total. The largest absolute Gasteiger partial charge is 0.491 e. The molecule has 1 atom stereocenters. The van der Waals surface area contributed by atoms with Gasteiger partial charge in [0.15, 0.2) is 0 Å². The van der Waals surface area contributed by atoms with E-state index in [0.717, 1.165) is 42.1 Å². The highest BCUT2D eigenvalue weighted by molar-refractivity contribution is 5.62. The molecule has 1 aliphatic heterocycles. The molecule has 0 spiro atoms. The molecule has 1 fully saturated rings. The van der Waals surface area contributed by atoms with E-state index in [1.807, 2.05) is 35.9 Å². The highest BCUT2D eigenvalue weighted by Gasteiger charge is 2.14. The standard InChI is InChI=1S/C17H22N2O3/c1-19-12-18-17(16(19)10-20)13-5-7-14(8-6-13)22-11-15-4-2-3-9-21-15/h5-8,12,15,20H,2-4,9-11H2,1H3. The Morgan fingerprint density at radius 3 is 2.82 bits per heavy atom. The molecule has 118 valence electrons. The summed E-state index contributed by atoms with van der Waals surface area (Å²) >= 11 is 0. The lowest BCUT2D eigenvalue weighted by Gasteiger charge is -2.22. The summed E-state index contributed by atoms with van der Waals surface area (Å²) in [5.74, 6) is 0.833. The normalized spacial score (nSPS) is 18.4. The second kappa shape index (κ2) is 6.94. The maximum absolute atomic E-state index is 9.43. The SMILES string of the molecule is Cn1cnc(-c2ccc(OCC3CCCCO3)cc2)c1CO. The maximum atomic E-state index is 9.43. The number of aliphatic hydroxyl groups excluding tert-OH is 1. The fourth-order valence-electron chi connectivity index (χ4n) is 2.72. The quantitative estimate of drug-likeness (QED) is 0.922. The Bertz CT molecular complexity index is 601. The summed E-state index contributed by atoms with van der Waals surface area (Å²) in [5, 5.41) is 9.43. The van der Waals surface area contributed by atoms with Crippen LogP contribution in [-0.2, 0) is 18.4 Å². The molecule has 0 saturated carbocycles. The van der Waals surface area contributed by atoms with Crippen LogP contribution in [0.4, 0.5) is 0 Å². The van der Waals surface area contributed by atoms with Gasteiger partial charge in [0.25, 0.3) is 0 Å². The molecule has 2 heterocycles. The van der Waals surface area contributed by atoms with Crippen molar-refractivity contribution in [3.63, 3.8) is 0 Å². The Morgan fingerprint density at radius 1 is 1.32 bits per heavy atom. The van der Waals surface area contributed by atoms with Crippen molar-refractivity contribution in [1.29, 1.82) is 0 Å². The minimum atomic E-state index is -0.0247. The maximum Gasteiger partial charge on any atom is 0.119 e. The van der Waals surface area contributed by atoms with Crippen molar-refractivity contribution < 1.29 is 14.6 Å². The van der Waals surface area contributed by atoms with Gasteiger partial charge in [-0.05, 0) is 43.5 Å². The van der Waals surface area contributed by atoms with Crippen LogP contribution >= 0.6 is 0 Å². The predicted octanol–water partition coefficient (Wildman–Crippen LogP) is 2.53. The number of aromatic nitrogens is 2. The second-order valence-corrected chi connectivity index (χ2v) is 5.63. The van der Waals surface area contributed by atoms with Crippen molar-refractivity contribution in [3.8, 4) is 17.0 Å². The molecule has 3 rings (SSSR count). The van der Waals surface area contributed by atoms with Crippen LogP contribution in [0.2, 0.25) is 0 Å². The number of nitrogens with zero attached hydrogens (tertiary/aromatic N) is 2. The number of aryl methyl sites for hydroxylation is 1. The number of hydrogen-bond acceptors (Lipinski definition) is 4. The van der Waals surface area contributed by atoms with Crippen molar-refractivity contribution in [3.05, 3.63) is 36.3 Å². The zero-order valence-corrected chi connectivity index (χ0v) is 12.9. The zero-order valence-electron chi connectivity index (χ0n) is 12.9. The van der Waals surface area contributed by atoms with Gasteiger partial charge in [-0.1, -0.05) is 0 Å². The van der Waals surface area contributed by atoms with Crippen LogP contribution in [0, 0.1) is 0 Å². The fourth-order valence-corrected chi connectivity index (χ4v) is 2.72. The lowest BCUT2D eigenvalue weighted by atomic mass is 10.1. The third-order valence-electron chi connectivity index (χ3n) is 4.05. The summed E-state index contributed by atoms with van der Waals surface area (Å²) in [4.78, 5) is 4.35. The third kappa shape index (κ3) is 3.31. The van der Waals surface area contributed by atoms with Crippen molar-refractivity contribution in [2.45, 2.75) is 32.0 Å². The summed E-state index contributed by atoms with van der Waals surface area (Å²) in [5.41, 5.74) is 2.60. The molecule has 1 unspecified atom stereocenters. The molecule has 1 saturated heterocycles. The first kappa shape index (κ1) is 15.1. The molecule has 0 aliphatic carbocycles. The molecular formula is C17H22N2O3. The summed E-state index contributed by atoms with van der Waals surface area (Å²) < 4.78 is 13.3. The molecule has 0 radical (unpaired) electrons. The highest BCUT2D eigenvalue weighted by Crippen LogP contribution is 2.24. The average molecular weight is 302 g/mol. The van der Waals surface area contributed by atoms with Gasteiger partial charge in [0.2, 0.25) is 0 Å². The molecule has 1 aromatic carbocycles. The second-order valence-electron chi connectivity index (χ2n) is 5.63. The molecule has 5 heteroatoms. The first-order valence-electron chi connectivity index (χ1n) is 7.74. The minimum Gasteiger partial charge on any atom is -0.491 e. The van der Waals surface area contributed by atoms with Gasteiger partial charge in [0, 0.05) is 19.2 Å². The molecular weight excluding hydrogens is 280 g/mol. The van der Waals surface area contributed by atoms with Crippen LogP contribution in [0.5, 0.6) is 5.75 Å². The lowest BCUT2D eigenvalue weighted by molar-refractivity contribution is -0.0110. The Hall–Kier alpha value is -1.85. The van der Waals surface area contributed by atoms with Crippen LogP contribution in [0.1, 0.15) is 25.0 Å². The number of benzene rings is 1. The number of imidazole rings is 1. The fraction of sp³-hybridized carbons (Fsp3) is 0.471. The molecule has 0 amide bonds. The van der Waals surface area contributed by atoms with E-state index in [2.05, 4.69) is 4.98 Å². The molecule has 5 nitrogen and oxygen atoms in total. The summed E-state index contributed by atoms with van der Waals surface area (Å²) in [7, 11) is 1.88. The smallest absolute Gasteiger partial charge is 0.119 e. The molecule has 22 heavy (non-hydrogen) atoms. The predicted molar refractivity (Wildman–Crippen MR) is 83.7 cm³/mol. The first-order valence-corrected chi connectivity index (χ1v) is 7.74. The van der Waals surface area contributed by atoms with E-state index in [1.165, 1.54) is 6.42 Å². The number of rotatable bonds is 5. The molecule has 0 bridgehead atoms. The summed E-state index contributed by atoms with van der Waals surface area (Å²) in [6.07, 6.45) is 5.38. The zero-order chi connectivity index (χ0) is 15.4. The molecule has 1 aliphatic rings. The first-order chi connectivity index (χ1) is 10.8. The Balaban J connectivity index is 1.64. The van der Waals surface area contributed by atoms with Crippen molar-refractivity contribution in [2.24, 2.45) is 7.05 Å². The third-order valence-corrected chi connectivity index (χ3v) is 4.05. The van der Waals surface area contributed by atoms with E-state index in [9.17, 15) is 5.11 Å². The van der Waals surface area contributed by atoms with E-state index >= 15 is 0 Å². The van der Waals surface area contributed by atoms with Crippen LogP contribution in [0.15, 0.2) is 30.6 Å². The van der Waals surface area contributed by atoms with Gasteiger partial charge in [0.05, 0.1) is 30.4 Å². The van der Waals surface area contributed by atoms with Crippen molar-refractivity contribution in [2.75, 3.05) is 13.2 Å². The van der Waals surface area contributed by atoms with Crippen LogP contribution in [0.25, 0.3) is 11.3 Å². The van der Waals surface area contributed by atoms with Crippen molar-refractivity contribution in [1.82, 2.24) is 9.55 Å². The van der Waals surface area contributed by atoms with Gasteiger partial charge >= 0.3 is 0 Å². The Kier molecular flexibility index (Phi) is 4.75. The Labute approximate surface area is 130 Å². The van der Waals surface area contributed by atoms with Crippen LogP contribution in [-0.4, -0.2) is 34.0 Å². The van der Waals surface area contributed by atoms with Gasteiger partial charge in [-0.2, -0.15) is 0 Å². The van der Waals surface area contributed by atoms with Gasteiger partial charge in [0.1, 0.15) is 12.4 Å². The number of aliphatic hydroxyl groups is 1. The van der Waals surface area contributed by atoms with E-state index < -0.39 is 0 Å². The van der Waals surface area contributed by atoms with E-state index in [0.29, 0.717) is 6.61 Å². The lowest BCUT2D eigenvalue weighted by Crippen LogP contribution is -2.25. The van der Waals surface area contributed by atoms with E-state index in [1.54, 1.807) is 6.33 Å².